The summed E-state index contributed by atoms with van der Waals surface area (Å²) in [5.41, 5.74) is 4.07. The average molecular weight is 410 g/mol. The molecule has 0 spiro atoms. The molecule has 0 fully saturated rings. The second-order valence-corrected chi connectivity index (χ2v) is 7.34. The standard InChI is InChI=1S/C22H22N2O4S/c1-13-5-4-6-15(11-13)20-19(21(25)26-3)14(2)24(22(29)23-20)16-7-8-17-18(12-16)28-10-9-27-17/h4-8,11-12,20H,9-10H2,1-3H3,(H,23,29). The quantitative estimate of drug-likeness (QED) is 0.612. The summed E-state index contributed by atoms with van der Waals surface area (Å²) in [5, 5.41) is 3.81. The molecule has 0 radical (unpaired) electrons. The number of anilines is 1. The van der Waals surface area contributed by atoms with Crippen LogP contribution in [-0.2, 0) is 9.53 Å². The highest BCUT2D eigenvalue weighted by atomic mass is 32.1. The van der Waals surface area contributed by atoms with Crippen molar-refractivity contribution in [2.24, 2.45) is 0 Å². The fourth-order valence-electron chi connectivity index (χ4n) is 3.70. The minimum atomic E-state index is -0.397. The number of aryl methyl sites for hydroxylation is 1. The third-order valence-electron chi connectivity index (χ3n) is 5.05. The first-order valence-electron chi connectivity index (χ1n) is 9.35. The molecular formula is C22H22N2O4S. The number of carbonyl (C=O) groups excluding carboxylic acids is 1. The van der Waals surface area contributed by atoms with Crippen LogP contribution in [0, 0.1) is 6.92 Å². The Balaban J connectivity index is 1.81. The lowest BCUT2D eigenvalue weighted by molar-refractivity contribution is -0.136. The molecule has 0 bridgehead atoms. The first-order valence-corrected chi connectivity index (χ1v) is 9.76. The zero-order valence-corrected chi connectivity index (χ0v) is 17.3. The highest BCUT2D eigenvalue weighted by molar-refractivity contribution is 7.80. The molecule has 2 aliphatic rings. The molecule has 2 heterocycles. The van der Waals surface area contributed by atoms with E-state index in [2.05, 4.69) is 5.32 Å². The number of ether oxygens (including phenoxy) is 3. The zero-order chi connectivity index (χ0) is 20.5. The van der Waals surface area contributed by atoms with Crippen LogP contribution in [0.5, 0.6) is 11.5 Å². The van der Waals surface area contributed by atoms with Crippen LogP contribution in [0.3, 0.4) is 0 Å². The van der Waals surface area contributed by atoms with E-state index in [1.165, 1.54) is 7.11 Å². The molecule has 6 nitrogen and oxygen atoms in total. The van der Waals surface area contributed by atoms with Crippen LogP contribution in [-0.4, -0.2) is 31.4 Å². The van der Waals surface area contributed by atoms with E-state index < -0.39 is 5.97 Å². The van der Waals surface area contributed by atoms with E-state index in [1.54, 1.807) is 0 Å². The molecule has 1 unspecified atom stereocenters. The van der Waals surface area contributed by atoms with Crippen LogP contribution in [0.15, 0.2) is 53.7 Å². The normalized spacial score (nSPS) is 18.4. The molecule has 2 aromatic rings. The summed E-state index contributed by atoms with van der Waals surface area (Å²) in [6.45, 7) is 4.91. The molecule has 1 atom stereocenters. The molecule has 0 amide bonds. The third kappa shape index (κ3) is 3.53. The van der Waals surface area contributed by atoms with Gasteiger partial charge in [-0.15, -0.1) is 0 Å². The van der Waals surface area contributed by atoms with Crippen molar-refractivity contribution >= 4 is 29.0 Å². The van der Waals surface area contributed by atoms with Crippen molar-refractivity contribution in [3.8, 4) is 11.5 Å². The van der Waals surface area contributed by atoms with Gasteiger partial charge in [0, 0.05) is 11.8 Å². The van der Waals surface area contributed by atoms with E-state index in [9.17, 15) is 4.79 Å². The Bertz CT molecular complexity index is 1020. The van der Waals surface area contributed by atoms with Gasteiger partial charge in [0.05, 0.1) is 24.4 Å². The maximum atomic E-state index is 12.7. The van der Waals surface area contributed by atoms with Gasteiger partial charge in [0.1, 0.15) is 13.2 Å². The molecule has 0 saturated carbocycles. The second kappa shape index (κ2) is 7.75. The monoisotopic (exact) mass is 410 g/mol. The van der Waals surface area contributed by atoms with Crippen molar-refractivity contribution in [1.29, 1.82) is 0 Å². The van der Waals surface area contributed by atoms with Gasteiger partial charge in [-0.3, -0.25) is 4.90 Å². The van der Waals surface area contributed by atoms with Gasteiger partial charge in [-0.05, 0) is 43.8 Å². The lowest BCUT2D eigenvalue weighted by atomic mass is 9.94. The summed E-state index contributed by atoms with van der Waals surface area (Å²) in [6, 6.07) is 13.2. The number of nitrogens with zero attached hydrogens (tertiary/aromatic N) is 1. The summed E-state index contributed by atoms with van der Waals surface area (Å²) >= 11 is 5.68. The van der Waals surface area contributed by atoms with Crippen molar-refractivity contribution in [3.63, 3.8) is 0 Å². The van der Waals surface area contributed by atoms with E-state index in [0.29, 0.717) is 41.1 Å². The second-order valence-electron chi connectivity index (χ2n) is 6.95. The van der Waals surface area contributed by atoms with Crippen molar-refractivity contribution in [1.82, 2.24) is 5.32 Å². The molecule has 7 heteroatoms. The number of carbonyl (C=O) groups is 1. The van der Waals surface area contributed by atoms with E-state index >= 15 is 0 Å². The van der Waals surface area contributed by atoms with Crippen molar-refractivity contribution in [3.05, 3.63) is 64.9 Å². The number of hydrogen-bond acceptors (Lipinski definition) is 5. The van der Waals surface area contributed by atoms with Gasteiger partial charge >= 0.3 is 5.97 Å². The van der Waals surface area contributed by atoms with Crippen LogP contribution < -0.4 is 19.7 Å². The van der Waals surface area contributed by atoms with Gasteiger partial charge in [-0.25, -0.2) is 4.79 Å². The summed E-state index contributed by atoms with van der Waals surface area (Å²) < 4.78 is 16.4. The van der Waals surface area contributed by atoms with E-state index in [4.69, 9.17) is 26.4 Å². The number of esters is 1. The number of allylic oxidation sites excluding steroid dienone is 1. The fourth-order valence-corrected chi connectivity index (χ4v) is 4.06. The average Bonchev–Trinajstić information content (AvgIpc) is 2.72. The highest BCUT2D eigenvalue weighted by Crippen LogP contribution is 2.38. The van der Waals surface area contributed by atoms with Crippen molar-refractivity contribution in [2.45, 2.75) is 19.9 Å². The van der Waals surface area contributed by atoms with Crippen molar-refractivity contribution < 1.29 is 19.0 Å². The Morgan fingerprint density at radius 2 is 1.90 bits per heavy atom. The largest absolute Gasteiger partial charge is 0.486 e. The smallest absolute Gasteiger partial charge is 0.337 e. The summed E-state index contributed by atoms with van der Waals surface area (Å²) in [6.07, 6.45) is 0. The molecule has 1 N–H and O–H groups in total. The number of fused-ring (bicyclic) bond motifs is 1. The van der Waals surface area contributed by atoms with Gasteiger partial charge in [0.15, 0.2) is 16.6 Å². The first kappa shape index (κ1) is 19.3. The topological polar surface area (TPSA) is 60.0 Å². The number of hydrogen-bond donors (Lipinski definition) is 1. The number of methoxy groups -OCH3 is 1. The Hall–Kier alpha value is -3.06. The first-order chi connectivity index (χ1) is 14.0. The van der Waals surface area contributed by atoms with Gasteiger partial charge < -0.3 is 19.5 Å². The molecule has 2 aliphatic heterocycles. The van der Waals surface area contributed by atoms with Crippen LogP contribution in [0.1, 0.15) is 24.1 Å². The lowest BCUT2D eigenvalue weighted by Gasteiger charge is -2.37. The van der Waals surface area contributed by atoms with E-state index in [1.807, 2.05) is 61.2 Å². The van der Waals surface area contributed by atoms with Gasteiger partial charge in [-0.2, -0.15) is 0 Å². The zero-order valence-electron chi connectivity index (χ0n) is 16.5. The van der Waals surface area contributed by atoms with E-state index in [-0.39, 0.29) is 6.04 Å². The predicted octanol–water partition coefficient (Wildman–Crippen LogP) is 3.65. The molecule has 150 valence electrons. The minimum Gasteiger partial charge on any atom is -0.486 e. The van der Waals surface area contributed by atoms with Crippen molar-refractivity contribution in [2.75, 3.05) is 25.2 Å². The van der Waals surface area contributed by atoms with Crippen LogP contribution >= 0.6 is 12.2 Å². The molecule has 4 rings (SSSR count). The van der Waals surface area contributed by atoms with Crippen LogP contribution in [0.2, 0.25) is 0 Å². The minimum absolute atomic E-state index is 0.386. The summed E-state index contributed by atoms with van der Waals surface area (Å²) in [7, 11) is 1.39. The Morgan fingerprint density at radius 3 is 2.62 bits per heavy atom. The summed E-state index contributed by atoms with van der Waals surface area (Å²) in [4.78, 5) is 14.6. The van der Waals surface area contributed by atoms with E-state index in [0.717, 1.165) is 16.8 Å². The maximum Gasteiger partial charge on any atom is 0.337 e. The molecule has 2 aromatic carbocycles. The summed E-state index contributed by atoms with van der Waals surface area (Å²) in [5.74, 6) is 0.958. The Labute approximate surface area is 175 Å². The predicted molar refractivity (Wildman–Crippen MR) is 114 cm³/mol. The molecule has 0 aromatic heterocycles. The van der Waals surface area contributed by atoms with Crippen LogP contribution in [0.4, 0.5) is 5.69 Å². The fraction of sp³-hybridized carbons (Fsp3) is 0.273. The van der Waals surface area contributed by atoms with Gasteiger partial charge in [-0.1, -0.05) is 29.8 Å². The highest BCUT2D eigenvalue weighted by Gasteiger charge is 2.35. The van der Waals surface area contributed by atoms with Gasteiger partial charge in [0.25, 0.3) is 0 Å². The molecule has 29 heavy (non-hydrogen) atoms. The Morgan fingerprint density at radius 1 is 1.14 bits per heavy atom. The SMILES string of the molecule is COC(=O)C1=C(C)N(c2ccc3c(c2)OCCO3)C(=S)NC1c1cccc(C)c1. The Kier molecular flexibility index (Phi) is 5.15. The number of thiocarbonyl (C=S) groups is 1. The number of benzene rings is 2. The maximum absolute atomic E-state index is 12.7. The molecule has 0 aliphatic carbocycles. The lowest BCUT2D eigenvalue weighted by Crippen LogP contribution is -2.48. The number of nitrogens with one attached hydrogen (secondary N) is 1. The van der Waals surface area contributed by atoms with Gasteiger partial charge in [0.2, 0.25) is 0 Å². The van der Waals surface area contributed by atoms with Crippen LogP contribution in [0.25, 0.3) is 0 Å². The molecule has 0 saturated heterocycles. The molecular weight excluding hydrogens is 388 g/mol. The third-order valence-corrected chi connectivity index (χ3v) is 5.35. The number of rotatable bonds is 3.